The van der Waals surface area contributed by atoms with E-state index in [0.717, 1.165) is 25.7 Å². The molecule has 0 heterocycles. The molecule has 4 nitrogen and oxygen atoms in total. The summed E-state index contributed by atoms with van der Waals surface area (Å²) < 4.78 is 28.1. The summed E-state index contributed by atoms with van der Waals surface area (Å²) in [5.41, 5.74) is 5.74. The zero-order valence-electron chi connectivity index (χ0n) is 11.4. The first-order valence-electron chi connectivity index (χ1n) is 6.61. The van der Waals surface area contributed by atoms with Crippen molar-refractivity contribution in [1.29, 1.82) is 0 Å². The molecule has 0 amide bonds. The molecule has 1 saturated carbocycles. The fourth-order valence-electron chi connectivity index (χ4n) is 2.65. The van der Waals surface area contributed by atoms with Gasteiger partial charge in [0, 0.05) is 22.1 Å². The van der Waals surface area contributed by atoms with E-state index in [0.29, 0.717) is 22.0 Å². The van der Waals surface area contributed by atoms with Gasteiger partial charge < -0.3 is 5.73 Å². The number of halogens is 3. The average molecular weight is 418 g/mol. The molecular weight excluding hydrogens is 399 g/mol. The van der Waals surface area contributed by atoms with Crippen LogP contribution in [0.3, 0.4) is 0 Å². The molecule has 3 N–H and O–H groups in total. The summed E-state index contributed by atoms with van der Waals surface area (Å²) in [7, 11) is -3.59. The van der Waals surface area contributed by atoms with Crippen molar-refractivity contribution < 1.29 is 8.42 Å². The molecule has 1 aliphatic carbocycles. The molecule has 0 saturated heterocycles. The number of sulfonamides is 1. The van der Waals surface area contributed by atoms with Crippen molar-refractivity contribution in [3.63, 3.8) is 0 Å². The molecule has 2 rings (SSSR count). The van der Waals surface area contributed by atoms with Crippen molar-refractivity contribution in [2.24, 2.45) is 11.7 Å². The Kier molecular flexibility index (Phi) is 7.43. The molecule has 0 spiro atoms. The third-order valence-electron chi connectivity index (χ3n) is 3.71. The van der Waals surface area contributed by atoms with Crippen LogP contribution in [0.2, 0.25) is 5.02 Å². The smallest absolute Gasteiger partial charge is 0.241 e. The molecule has 0 aliphatic heterocycles. The zero-order chi connectivity index (χ0) is 14.8. The zero-order valence-corrected chi connectivity index (χ0v) is 15.4. The van der Waals surface area contributed by atoms with Gasteiger partial charge in [-0.15, -0.1) is 12.4 Å². The van der Waals surface area contributed by atoms with E-state index in [9.17, 15) is 8.42 Å². The Labute approximate surface area is 145 Å². The Hall–Kier alpha value is 0.150. The van der Waals surface area contributed by atoms with Gasteiger partial charge >= 0.3 is 0 Å². The minimum Gasteiger partial charge on any atom is -0.329 e. The van der Waals surface area contributed by atoms with Crippen LogP contribution in [0.25, 0.3) is 0 Å². The molecular formula is C13H19BrCl2N2O2S. The van der Waals surface area contributed by atoms with E-state index in [1.807, 2.05) is 0 Å². The van der Waals surface area contributed by atoms with E-state index in [1.54, 1.807) is 12.1 Å². The summed E-state index contributed by atoms with van der Waals surface area (Å²) in [5, 5.41) is 0.488. The highest BCUT2D eigenvalue weighted by molar-refractivity contribution is 9.10. The van der Waals surface area contributed by atoms with Crippen LogP contribution >= 0.6 is 39.9 Å². The van der Waals surface area contributed by atoms with Crippen molar-refractivity contribution in [3.8, 4) is 0 Å². The lowest BCUT2D eigenvalue weighted by Crippen LogP contribution is -2.44. The molecule has 1 aliphatic rings. The van der Waals surface area contributed by atoms with Crippen molar-refractivity contribution in [3.05, 3.63) is 27.7 Å². The number of hydrogen-bond donors (Lipinski definition) is 2. The van der Waals surface area contributed by atoms with E-state index in [1.165, 1.54) is 6.07 Å². The summed E-state index contributed by atoms with van der Waals surface area (Å²) in [6.45, 7) is 0.315. The van der Waals surface area contributed by atoms with Gasteiger partial charge in [-0.25, -0.2) is 13.1 Å². The summed E-state index contributed by atoms with van der Waals surface area (Å²) in [6, 6.07) is 4.43. The number of benzene rings is 1. The normalized spacial score (nSPS) is 17.5. The average Bonchev–Trinajstić information content (AvgIpc) is 2.89. The van der Waals surface area contributed by atoms with E-state index in [4.69, 9.17) is 17.3 Å². The summed E-state index contributed by atoms with van der Waals surface area (Å²) in [4.78, 5) is 0.193. The number of nitrogens with two attached hydrogens (primary N) is 1. The van der Waals surface area contributed by atoms with Crippen LogP contribution in [0.4, 0.5) is 0 Å². The molecule has 21 heavy (non-hydrogen) atoms. The third-order valence-corrected chi connectivity index (χ3v) is 6.41. The number of nitrogens with one attached hydrogen (secondary N) is 1. The molecule has 0 radical (unpaired) electrons. The molecule has 1 aromatic carbocycles. The van der Waals surface area contributed by atoms with Gasteiger partial charge in [0.25, 0.3) is 0 Å². The van der Waals surface area contributed by atoms with Gasteiger partial charge in [0.05, 0.1) is 4.90 Å². The molecule has 0 aromatic heterocycles. The lowest BCUT2D eigenvalue weighted by Gasteiger charge is -2.23. The van der Waals surface area contributed by atoms with Crippen LogP contribution in [0.15, 0.2) is 27.6 Å². The predicted octanol–water partition coefficient (Wildman–Crippen LogP) is 3.32. The van der Waals surface area contributed by atoms with Gasteiger partial charge in [0.2, 0.25) is 10.0 Å². The van der Waals surface area contributed by atoms with Crippen LogP contribution in [0.1, 0.15) is 25.7 Å². The van der Waals surface area contributed by atoms with Gasteiger partial charge in [-0.1, -0.05) is 24.4 Å². The van der Waals surface area contributed by atoms with Gasteiger partial charge in [-0.05, 0) is 52.9 Å². The maximum absolute atomic E-state index is 12.5. The van der Waals surface area contributed by atoms with E-state index >= 15 is 0 Å². The first-order valence-corrected chi connectivity index (χ1v) is 9.27. The Balaban J connectivity index is 0.00000220. The number of hydrogen-bond acceptors (Lipinski definition) is 3. The maximum Gasteiger partial charge on any atom is 0.241 e. The fraction of sp³-hybridized carbons (Fsp3) is 0.538. The largest absolute Gasteiger partial charge is 0.329 e. The highest BCUT2D eigenvalue weighted by Crippen LogP contribution is 2.30. The van der Waals surface area contributed by atoms with Crippen LogP contribution < -0.4 is 10.5 Å². The molecule has 1 unspecified atom stereocenters. The summed E-state index contributed by atoms with van der Waals surface area (Å²) in [5.74, 6) is 0.334. The molecule has 1 atom stereocenters. The Morgan fingerprint density at radius 3 is 2.52 bits per heavy atom. The van der Waals surface area contributed by atoms with Gasteiger partial charge in [0.1, 0.15) is 0 Å². The SMILES string of the molecule is Cl.NCC(NS(=O)(=O)c1ccc(Cl)cc1Br)C1CCCC1. The van der Waals surface area contributed by atoms with Crippen LogP contribution in [-0.4, -0.2) is 21.0 Å². The number of rotatable bonds is 5. The fourth-order valence-corrected chi connectivity index (χ4v) is 5.35. The summed E-state index contributed by atoms with van der Waals surface area (Å²) >= 11 is 9.08. The Morgan fingerprint density at radius 1 is 1.38 bits per heavy atom. The quantitative estimate of drug-likeness (QED) is 0.771. The predicted molar refractivity (Wildman–Crippen MR) is 91.5 cm³/mol. The van der Waals surface area contributed by atoms with Crippen LogP contribution in [-0.2, 0) is 10.0 Å². The van der Waals surface area contributed by atoms with Crippen molar-refractivity contribution in [1.82, 2.24) is 4.72 Å². The minimum absolute atomic E-state index is 0. The van der Waals surface area contributed by atoms with Gasteiger partial charge in [-0.2, -0.15) is 0 Å². The highest BCUT2D eigenvalue weighted by Gasteiger charge is 2.29. The highest BCUT2D eigenvalue weighted by atomic mass is 79.9. The first kappa shape index (κ1) is 19.2. The van der Waals surface area contributed by atoms with E-state index < -0.39 is 10.0 Å². The molecule has 1 aromatic rings. The second-order valence-corrected chi connectivity index (χ2v) is 8.06. The van der Waals surface area contributed by atoms with Crippen LogP contribution in [0.5, 0.6) is 0 Å². The maximum atomic E-state index is 12.5. The van der Waals surface area contributed by atoms with E-state index in [-0.39, 0.29) is 23.3 Å². The van der Waals surface area contributed by atoms with Crippen molar-refractivity contribution >= 4 is 50.0 Å². The Morgan fingerprint density at radius 2 is 2.00 bits per heavy atom. The summed E-state index contributed by atoms with van der Waals surface area (Å²) in [6.07, 6.45) is 4.36. The molecule has 8 heteroatoms. The van der Waals surface area contributed by atoms with Gasteiger partial charge in [0.15, 0.2) is 0 Å². The van der Waals surface area contributed by atoms with Crippen molar-refractivity contribution in [2.75, 3.05) is 6.54 Å². The Bertz CT molecular complexity index is 578. The van der Waals surface area contributed by atoms with Gasteiger partial charge in [-0.3, -0.25) is 0 Å². The second-order valence-electron chi connectivity index (χ2n) is 5.08. The van der Waals surface area contributed by atoms with Crippen LogP contribution in [0, 0.1) is 5.92 Å². The first-order chi connectivity index (χ1) is 9.44. The topological polar surface area (TPSA) is 72.2 Å². The minimum atomic E-state index is -3.59. The monoisotopic (exact) mass is 416 g/mol. The van der Waals surface area contributed by atoms with Crippen molar-refractivity contribution in [2.45, 2.75) is 36.6 Å². The lowest BCUT2D eigenvalue weighted by molar-refractivity contribution is 0.405. The lowest BCUT2D eigenvalue weighted by atomic mass is 9.99. The van der Waals surface area contributed by atoms with E-state index in [2.05, 4.69) is 20.7 Å². The molecule has 1 fully saturated rings. The second kappa shape index (κ2) is 8.13. The third kappa shape index (κ3) is 4.81. The standard InChI is InChI=1S/C13H18BrClN2O2S.ClH/c14-11-7-10(15)5-6-13(11)20(18,19)17-12(8-16)9-3-1-2-4-9;/h5-7,9,12,17H,1-4,8,16H2;1H. The molecule has 120 valence electrons. The molecule has 0 bridgehead atoms.